The first-order valence-corrected chi connectivity index (χ1v) is 9.98. The van der Waals surface area contributed by atoms with E-state index >= 15 is 0 Å². The van der Waals surface area contributed by atoms with Crippen molar-refractivity contribution < 1.29 is 27.1 Å². The Bertz CT molecular complexity index is 693. The van der Waals surface area contributed by atoms with Gasteiger partial charge in [0, 0.05) is 23.7 Å². The Morgan fingerprint density at radius 3 is 2.66 bits per heavy atom. The first kappa shape index (κ1) is 22.3. The van der Waals surface area contributed by atoms with Gasteiger partial charge in [-0.2, -0.15) is 13.2 Å². The van der Waals surface area contributed by atoms with Crippen LogP contribution in [0.5, 0.6) is 0 Å². The van der Waals surface area contributed by atoms with Crippen LogP contribution in [-0.4, -0.2) is 73.9 Å². The van der Waals surface area contributed by atoms with Crippen molar-refractivity contribution in [2.24, 2.45) is 0 Å². The summed E-state index contributed by atoms with van der Waals surface area (Å²) in [4.78, 5) is 15.8. The lowest BCUT2D eigenvalue weighted by Crippen LogP contribution is -2.56. The zero-order chi connectivity index (χ0) is 21.0. The molecule has 2 saturated heterocycles. The van der Waals surface area contributed by atoms with Crippen molar-refractivity contribution in [2.75, 3.05) is 45.9 Å². The average molecular weight is 438 g/mol. The molecule has 0 radical (unpaired) electrons. The summed E-state index contributed by atoms with van der Waals surface area (Å²) >= 11 is 6.23. The molecule has 2 aliphatic heterocycles. The molecule has 0 aliphatic carbocycles. The topological polar surface area (TPSA) is 44.8 Å². The van der Waals surface area contributed by atoms with Gasteiger partial charge >= 0.3 is 6.18 Å². The molecule has 0 bridgehead atoms. The van der Waals surface area contributed by atoms with Gasteiger partial charge in [-0.05, 0) is 38.1 Å². The number of likely N-dealkylation sites (tertiary alicyclic amines) is 1. The van der Waals surface area contributed by atoms with Crippen molar-refractivity contribution in [3.05, 3.63) is 34.6 Å². The van der Waals surface area contributed by atoms with Gasteiger partial charge < -0.3 is 10.1 Å². The normalized spacial score (nSPS) is 22.6. The SMILES string of the molecule is O=C(NC[C@H](c1c(F)cccc1Cl)N1CCCC1)[C@H]1COCCN1CC(F)(F)F. The maximum Gasteiger partial charge on any atom is 0.401 e. The van der Waals surface area contributed by atoms with Crippen molar-refractivity contribution in [1.29, 1.82) is 0 Å². The van der Waals surface area contributed by atoms with E-state index in [1.54, 1.807) is 6.07 Å². The van der Waals surface area contributed by atoms with Crippen LogP contribution in [0.2, 0.25) is 5.02 Å². The molecule has 2 atom stereocenters. The Morgan fingerprint density at radius 1 is 1.28 bits per heavy atom. The van der Waals surface area contributed by atoms with Gasteiger partial charge in [-0.15, -0.1) is 0 Å². The third-order valence-electron chi connectivity index (χ3n) is 5.31. The lowest BCUT2D eigenvalue weighted by molar-refractivity contribution is -0.166. The molecular weight excluding hydrogens is 414 g/mol. The summed E-state index contributed by atoms with van der Waals surface area (Å²) in [6.45, 7) is 0.388. The predicted octanol–water partition coefficient (Wildman–Crippen LogP) is 3.00. The second-order valence-corrected chi connectivity index (χ2v) is 7.72. The first-order valence-electron chi connectivity index (χ1n) is 9.60. The minimum absolute atomic E-state index is 0.0201. The van der Waals surface area contributed by atoms with E-state index < -0.39 is 36.5 Å². The number of nitrogens with one attached hydrogen (secondary N) is 1. The summed E-state index contributed by atoms with van der Waals surface area (Å²) < 4.78 is 58.2. The van der Waals surface area contributed by atoms with Crippen LogP contribution < -0.4 is 5.32 Å². The molecular formula is C19H24ClF4N3O2. The van der Waals surface area contributed by atoms with Gasteiger partial charge in [0.1, 0.15) is 11.9 Å². The van der Waals surface area contributed by atoms with Crippen molar-refractivity contribution >= 4 is 17.5 Å². The van der Waals surface area contributed by atoms with Crippen molar-refractivity contribution in [1.82, 2.24) is 15.1 Å². The molecule has 2 heterocycles. The number of amides is 1. The second kappa shape index (κ2) is 9.59. The molecule has 1 aromatic rings. The Morgan fingerprint density at radius 2 is 2.00 bits per heavy atom. The number of ether oxygens (including phenoxy) is 1. The van der Waals surface area contributed by atoms with Crippen LogP contribution in [0.3, 0.4) is 0 Å². The minimum atomic E-state index is -4.41. The molecule has 0 aromatic heterocycles. The average Bonchev–Trinajstić information content (AvgIpc) is 3.17. The molecule has 1 N–H and O–H groups in total. The van der Waals surface area contributed by atoms with Crippen molar-refractivity contribution in [2.45, 2.75) is 31.1 Å². The number of benzene rings is 1. The smallest absolute Gasteiger partial charge is 0.378 e. The fraction of sp³-hybridized carbons (Fsp3) is 0.632. The molecule has 1 aromatic carbocycles. The van der Waals surface area contributed by atoms with Gasteiger partial charge in [-0.1, -0.05) is 17.7 Å². The van der Waals surface area contributed by atoms with Crippen LogP contribution in [0.15, 0.2) is 18.2 Å². The third kappa shape index (κ3) is 5.81. The van der Waals surface area contributed by atoms with Crippen LogP contribution in [0.1, 0.15) is 24.4 Å². The number of carbonyl (C=O) groups excluding carboxylic acids is 1. The van der Waals surface area contributed by atoms with Crippen molar-refractivity contribution in [3.63, 3.8) is 0 Å². The molecule has 2 fully saturated rings. The number of halogens is 5. The lowest BCUT2D eigenvalue weighted by atomic mass is 10.0. The van der Waals surface area contributed by atoms with Crippen LogP contribution >= 0.6 is 11.6 Å². The van der Waals surface area contributed by atoms with E-state index in [1.807, 2.05) is 4.90 Å². The molecule has 162 valence electrons. The van der Waals surface area contributed by atoms with Gasteiger partial charge in [0.05, 0.1) is 25.8 Å². The number of nitrogens with zero attached hydrogens (tertiary/aromatic N) is 2. The predicted molar refractivity (Wildman–Crippen MR) is 100 cm³/mol. The Labute approximate surface area is 171 Å². The Hall–Kier alpha value is -1.42. The molecule has 0 spiro atoms. The fourth-order valence-electron chi connectivity index (χ4n) is 3.91. The number of carbonyl (C=O) groups is 1. The van der Waals surface area contributed by atoms with E-state index in [0.717, 1.165) is 30.8 Å². The summed E-state index contributed by atoms with van der Waals surface area (Å²) in [5, 5.41) is 2.96. The summed E-state index contributed by atoms with van der Waals surface area (Å²) in [7, 11) is 0. The highest BCUT2D eigenvalue weighted by Crippen LogP contribution is 2.32. The maximum atomic E-state index is 14.5. The molecule has 0 saturated carbocycles. The van der Waals surface area contributed by atoms with E-state index in [-0.39, 0.29) is 31.3 Å². The fourth-order valence-corrected chi connectivity index (χ4v) is 4.20. The highest BCUT2D eigenvalue weighted by atomic mass is 35.5. The molecule has 2 aliphatic rings. The van der Waals surface area contributed by atoms with Crippen LogP contribution in [0.4, 0.5) is 17.6 Å². The van der Waals surface area contributed by atoms with Crippen LogP contribution in [0.25, 0.3) is 0 Å². The standard InChI is InChI=1S/C19H24ClF4N3O2/c20-13-4-3-5-14(21)17(13)15(26-6-1-2-7-26)10-25-18(28)16-11-29-9-8-27(16)12-19(22,23)24/h3-5,15-16H,1-2,6-12H2,(H,25,28)/t15-,16-/m1/s1. The van der Waals surface area contributed by atoms with E-state index in [2.05, 4.69) is 5.32 Å². The number of hydrogen-bond acceptors (Lipinski definition) is 4. The molecule has 3 rings (SSSR count). The summed E-state index contributed by atoms with van der Waals surface area (Å²) in [5.41, 5.74) is 0.295. The largest absolute Gasteiger partial charge is 0.401 e. The van der Waals surface area contributed by atoms with Gasteiger partial charge in [0.25, 0.3) is 0 Å². The Kier molecular flexibility index (Phi) is 7.37. The number of hydrogen-bond donors (Lipinski definition) is 1. The third-order valence-corrected chi connectivity index (χ3v) is 5.64. The zero-order valence-electron chi connectivity index (χ0n) is 15.9. The van der Waals surface area contributed by atoms with Crippen molar-refractivity contribution in [3.8, 4) is 0 Å². The van der Waals surface area contributed by atoms with Gasteiger partial charge in [0.15, 0.2) is 0 Å². The van der Waals surface area contributed by atoms with E-state index in [0.29, 0.717) is 5.56 Å². The second-order valence-electron chi connectivity index (χ2n) is 7.32. The molecule has 1 amide bonds. The highest BCUT2D eigenvalue weighted by molar-refractivity contribution is 6.31. The number of alkyl halides is 3. The quantitative estimate of drug-likeness (QED) is 0.695. The Balaban J connectivity index is 1.72. The molecule has 5 nitrogen and oxygen atoms in total. The van der Waals surface area contributed by atoms with Gasteiger partial charge in [-0.3, -0.25) is 14.6 Å². The number of rotatable bonds is 6. The van der Waals surface area contributed by atoms with E-state index in [1.165, 1.54) is 12.1 Å². The van der Waals surface area contributed by atoms with E-state index in [4.69, 9.17) is 16.3 Å². The highest BCUT2D eigenvalue weighted by Gasteiger charge is 2.38. The summed E-state index contributed by atoms with van der Waals surface area (Å²) in [6, 6.07) is 2.88. The maximum absolute atomic E-state index is 14.5. The van der Waals surface area contributed by atoms with Gasteiger partial charge in [0.2, 0.25) is 5.91 Å². The van der Waals surface area contributed by atoms with Crippen LogP contribution in [0, 0.1) is 5.82 Å². The summed E-state index contributed by atoms with van der Waals surface area (Å²) in [6.07, 6.45) is -2.51. The van der Waals surface area contributed by atoms with E-state index in [9.17, 15) is 22.4 Å². The first-order chi connectivity index (χ1) is 13.8. The number of morpholine rings is 1. The lowest BCUT2D eigenvalue weighted by Gasteiger charge is -2.35. The molecule has 0 unspecified atom stereocenters. The zero-order valence-corrected chi connectivity index (χ0v) is 16.6. The van der Waals surface area contributed by atoms with Crippen LogP contribution in [-0.2, 0) is 9.53 Å². The minimum Gasteiger partial charge on any atom is -0.378 e. The monoisotopic (exact) mass is 437 g/mol. The molecule has 29 heavy (non-hydrogen) atoms. The summed E-state index contributed by atoms with van der Waals surface area (Å²) in [5.74, 6) is -1.03. The molecule has 10 heteroatoms. The van der Waals surface area contributed by atoms with Gasteiger partial charge in [-0.25, -0.2) is 4.39 Å².